The number of nitrogens with zero attached hydrogens (tertiary/aromatic N) is 6. The van der Waals surface area contributed by atoms with Gasteiger partial charge in [0.25, 0.3) is 0 Å². The number of aryl methyl sites for hydroxylation is 1. The average Bonchev–Trinajstić information content (AvgIpc) is 3.32. The van der Waals surface area contributed by atoms with Crippen LogP contribution in [0.3, 0.4) is 0 Å². The SMILES string of the molecule is C=CS(=O)(=O)N1CCN(c2nc(OC[C@@H]3CCCN3C)nc3c2CCN(c2cccc(C)c2C)C3)CC1.S. The molecule has 4 heterocycles. The lowest BCUT2D eigenvalue weighted by Gasteiger charge is -2.37. The van der Waals surface area contributed by atoms with Gasteiger partial charge >= 0.3 is 6.01 Å². The van der Waals surface area contributed by atoms with Crippen molar-refractivity contribution in [2.24, 2.45) is 0 Å². The number of anilines is 2. The summed E-state index contributed by atoms with van der Waals surface area (Å²) in [6, 6.07) is 7.24. The molecule has 2 fully saturated rings. The molecule has 0 saturated carbocycles. The summed E-state index contributed by atoms with van der Waals surface area (Å²) in [5.41, 5.74) is 5.95. The molecule has 3 aliphatic heterocycles. The molecule has 11 heteroatoms. The van der Waals surface area contributed by atoms with Crippen LogP contribution >= 0.6 is 13.5 Å². The number of aromatic nitrogens is 2. The number of benzene rings is 1. The van der Waals surface area contributed by atoms with Crippen molar-refractivity contribution in [3.63, 3.8) is 0 Å². The monoisotopic (exact) mass is 560 g/mol. The molecule has 9 nitrogen and oxygen atoms in total. The second kappa shape index (κ2) is 11.8. The molecular weight excluding hydrogens is 520 g/mol. The van der Waals surface area contributed by atoms with Gasteiger partial charge in [0.2, 0.25) is 10.0 Å². The highest BCUT2D eigenvalue weighted by molar-refractivity contribution is 7.92. The number of likely N-dealkylation sites (N-methyl/N-ethyl adjacent to an activating group) is 1. The number of rotatable bonds is 7. The van der Waals surface area contributed by atoms with Crippen molar-refractivity contribution in [2.45, 2.75) is 45.7 Å². The molecule has 1 aromatic heterocycles. The lowest BCUT2D eigenvalue weighted by molar-refractivity contribution is 0.187. The topological polar surface area (TPSA) is 82.1 Å². The smallest absolute Gasteiger partial charge is 0.318 e. The number of likely N-dealkylation sites (tertiary alicyclic amines) is 1. The second-order valence-electron chi connectivity index (χ2n) is 10.3. The van der Waals surface area contributed by atoms with Crippen LogP contribution in [0.2, 0.25) is 0 Å². The Balaban J connectivity index is 0.00000336. The molecule has 0 spiro atoms. The number of hydrogen-bond donors (Lipinski definition) is 0. The summed E-state index contributed by atoms with van der Waals surface area (Å²) in [5.74, 6) is 0.885. The van der Waals surface area contributed by atoms with Crippen molar-refractivity contribution in [2.75, 3.05) is 62.7 Å². The van der Waals surface area contributed by atoms with E-state index in [-0.39, 0.29) is 13.5 Å². The number of fused-ring (bicyclic) bond motifs is 1. The van der Waals surface area contributed by atoms with Crippen molar-refractivity contribution in [3.8, 4) is 6.01 Å². The fraction of sp³-hybridized carbons (Fsp3) is 0.556. The van der Waals surface area contributed by atoms with Crippen LogP contribution in [0.1, 0.15) is 35.2 Å². The predicted molar refractivity (Wildman–Crippen MR) is 157 cm³/mol. The normalized spacial score (nSPS) is 20.7. The number of ether oxygens (including phenoxy) is 1. The lowest BCUT2D eigenvalue weighted by Crippen LogP contribution is -2.49. The van der Waals surface area contributed by atoms with Gasteiger partial charge in [-0.25, -0.2) is 8.42 Å². The fourth-order valence-electron chi connectivity index (χ4n) is 5.62. The summed E-state index contributed by atoms with van der Waals surface area (Å²) >= 11 is 0. The molecule has 5 rings (SSSR count). The van der Waals surface area contributed by atoms with Crippen molar-refractivity contribution >= 4 is 35.0 Å². The molecule has 0 aliphatic carbocycles. The highest BCUT2D eigenvalue weighted by Gasteiger charge is 2.31. The maximum absolute atomic E-state index is 12.3. The van der Waals surface area contributed by atoms with Crippen LogP contribution in [0, 0.1) is 13.8 Å². The van der Waals surface area contributed by atoms with E-state index >= 15 is 0 Å². The van der Waals surface area contributed by atoms with Gasteiger partial charge in [-0.15, -0.1) is 0 Å². The summed E-state index contributed by atoms with van der Waals surface area (Å²) in [6.07, 6.45) is 3.13. The van der Waals surface area contributed by atoms with Gasteiger partial charge < -0.3 is 19.4 Å². The first kappa shape index (κ1) is 28.7. The van der Waals surface area contributed by atoms with Crippen molar-refractivity contribution in [3.05, 3.63) is 52.6 Å². The molecule has 2 aromatic rings. The maximum atomic E-state index is 12.3. The van der Waals surface area contributed by atoms with Crippen molar-refractivity contribution in [1.29, 1.82) is 0 Å². The molecule has 0 unspecified atom stereocenters. The van der Waals surface area contributed by atoms with Crippen LogP contribution in [0.15, 0.2) is 30.2 Å². The van der Waals surface area contributed by atoms with Crippen LogP contribution in [0.25, 0.3) is 0 Å². The molecule has 0 N–H and O–H groups in total. The molecule has 0 amide bonds. The average molecular weight is 561 g/mol. The Bertz CT molecular complexity index is 1260. The van der Waals surface area contributed by atoms with Gasteiger partial charge in [0.15, 0.2) is 0 Å². The molecule has 208 valence electrons. The van der Waals surface area contributed by atoms with Gasteiger partial charge in [-0.1, -0.05) is 18.7 Å². The lowest BCUT2D eigenvalue weighted by atomic mass is 10.0. The molecule has 0 radical (unpaired) electrons. The Labute approximate surface area is 234 Å². The molecule has 3 aliphatic rings. The zero-order chi connectivity index (χ0) is 26.2. The van der Waals surface area contributed by atoms with Gasteiger partial charge in [-0.2, -0.15) is 27.8 Å². The molecule has 2 saturated heterocycles. The summed E-state index contributed by atoms with van der Waals surface area (Å²) in [4.78, 5) is 16.7. The van der Waals surface area contributed by atoms with E-state index in [0.29, 0.717) is 51.4 Å². The minimum atomic E-state index is -3.42. The standard InChI is InChI=1S/C27H38N6O3S.H2S/c1-5-37(34,35)33-16-14-31(15-17-33)26-23-11-13-32(25-10-6-8-20(2)21(25)3)18-24(23)28-27(29-26)36-19-22-9-7-12-30(22)4;/h5-6,8,10,22H,1,7,9,11-19H2,2-4H3;1H2/t22-;/m0./s1. The van der Waals surface area contributed by atoms with Gasteiger partial charge in [-0.05, 0) is 63.9 Å². The van der Waals surface area contributed by atoms with Crippen molar-refractivity contribution in [1.82, 2.24) is 19.2 Å². The largest absolute Gasteiger partial charge is 0.462 e. The molecule has 1 aromatic carbocycles. The van der Waals surface area contributed by atoms with E-state index < -0.39 is 10.0 Å². The Morgan fingerprint density at radius 2 is 1.84 bits per heavy atom. The van der Waals surface area contributed by atoms with Gasteiger partial charge in [0.1, 0.15) is 12.4 Å². The third-order valence-corrected chi connectivity index (χ3v) is 9.63. The predicted octanol–water partition coefficient (Wildman–Crippen LogP) is 2.84. The molecular formula is C27H40N6O3S2. The zero-order valence-corrected chi connectivity index (χ0v) is 24.5. The number of sulfonamides is 1. The van der Waals surface area contributed by atoms with Crippen LogP contribution < -0.4 is 14.5 Å². The van der Waals surface area contributed by atoms with E-state index in [4.69, 9.17) is 14.7 Å². The minimum absolute atomic E-state index is 0. The van der Waals surface area contributed by atoms with Crippen LogP contribution in [0.5, 0.6) is 6.01 Å². The Kier molecular flexibility index (Phi) is 8.91. The first-order chi connectivity index (χ1) is 17.8. The highest BCUT2D eigenvalue weighted by Crippen LogP contribution is 2.33. The van der Waals surface area contributed by atoms with E-state index in [1.54, 1.807) is 0 Å². The first-order valence-electron chi connectivity index (χ1n) is 13.2. The molecule has 38 heavy (non-hydrogen) atoms. The summed E-state index contributed by atoms with van der Waals surface area (Å²) in [6.45, 7) is 13.0. The van der Waals surface area contributed by atoms with Crippen LogP contribution in [-0.4, -0.2) is 86.6 Å². The minimum Gasteiger partial charge on any atom is -0.462 e. The highest BCUT2D eigenvalue weighted by atomic mass is 32.2. The first-order valence-corrected chi connectivity index (χ1v) is 14.7. The van der Waals surface area contributed by atoms with E-state index in [2.05, 4.69) is 60.4 Å². The summed E-state index contributed by atoms with van der Waals surface area (Å²) in [7, 11) is -1.28. The maximum Gasteiger partial charge on any atom is 0.318 e. The number of piperazine rings is 1. The van der Waals surface area contributed by atoms with E-state index in [0.717, 1.165) is 48.4 Å². The fourth-order valence-corrected chi connectivity index (χ4v) is 6.50. The Hall–Kier alpha value is -2.34. The Morgan fingerprint density at radius 3 is 2.53 bits per heavy atom. The zero-order valence-electron chi connectivity index (χ0n) is 22.7. The van der Waals surface area contributed by atoms with Crippen LogP contribution in [-0.2, 0) is 23.0 Å². The van der Waals surface area contributed by atoms with Gasteiger partial charge in [0.05, 0.1) is 12.2 Å². The van der Waals surface area contributed by atoms with E-state index in [1.165, 1.54) is 27.5 Å². The van der Waals surface area contributed by atoms with Gasteiger partial charge in [-0.3, -0.25) is 0 Å². The third-order valence-electron chi connectivity index (χ3n) is 8.12. The quantitative estimate of drug-likeness (QED) is 0.512. The summed E-state index contributed by atoms with van der Waals surface area (Å²) < 4.78 is 32.2. The van der Waals surface area contributed by atoms with Crippen LogP contribution in [0.4, 0.5) is 11.5 Å². The molecule has 0 bridgehead atoms. The second-order valence-corrected chi connectivity index (χ2v) is 12.2. The van der Waals surface area contributed by atoms with Crippen molar-refractivity contribution < 1.29 is 13.2 Å². The summed E-state index contributed by atoms with van der Waals surface area (Å²) in [5, 5.41) is 1.03. The number of hydrogen-bond acceptors (Lipinski definition) is 8. The Morgan fingerprint density at radius 1 is 1.08 bits per heavy atom. The molecule has 1 atom stereocenters. The van der Waals surface area contributed by atoms with E-state index in [1.807, 2.05) is 0 Å². The third kappa shape index (κ3) is 5.80. The van der Waals surface area contributed by atoms with E-state index in [9.17, 15) is 8.42 Å². The van der Waals surface area contributed by atoms with Gasteiger partial charge in [0, 0.05) is 55.4 Å².